The number of hydrogen-bond acceptors (Lipinski definition) is 8. The second kappa shape index (κ2) is 8.87. The molecule has 1 aliphatic heterocycles. The van der Waals surface area contributed by atoms with E-state index in [2.05, 4.69) is 4.72 Å². The van der Waals surface area contributed by atoms with E-state index in [1.54, 1.807) is 4.72 Å². The van der Waals surface area contributed by atoms with Gasteiger partial charge in [0.2, 0.25) is 5.91 Å². The lowest BCUT2D eigenvalue weighted by atomic mass is 9.98. The van der Waals surface area contributed by atoms with Gasteiger partial charge in [0.05, 0.1) is 0 Å². The minimum Gasteiger partial charge on any atom is -0.376 e. The Morgan fingerprint density at radius 2 is 1.57 bits per heavy atom. The minimum absolute atomic E-state index is 0.142. The van der Waals surface area contributed by atoms with Crippen LogP contribution in [0, 0.1) is 0 Å². The Balaban J connectivity index is 2.85. The van der Waals surface area contributed by atoms with Gasteiger partial charge in [-0.2, -0.15) is 13.1 Å². The van der Waals surface area contributed by atoms with Crippen LogP contribution in [0.4, 0.5) is 0 Å². The molecular formula is C12H24N2O8S. The number of carbonyl (C=O) groups is 1. The third-order valence-corrected chi connectivity index (χ3v) is 4.50. The molecule has 0 bridgehead atoms. The third kappa shape index (κ3) is 5.35. The Bertz CT molecular complexity index is 485. The average Bonchev–Trinajstić information content (AvgIpc) is 2.49. The Kier molecular flexibility index (Phi) is 7.80. The summed E-state index contributed by atoms with van der Waals surface area (Å²) in [4.78, 5) is 10.9. The molecule has 1 amide bonds. The van der Waals surface area contributed by atoms with Crippen molar-refractivity contribution >= 4 is 16.1 Å². The predicted molar refractivity (Wildman–Crippen MR) is 78.8 cm³/mol. The average molecular weight is 356 g/mol. The van der Waals surface area contributed by atoms with Crippen molar-refractivity contribution in [2.75, 3.05) is 35.0 Å². The minimum atomic E-state index is -3.98. The van der Waals surface area contributed by atoms with E-state index in [0.29, 0.717) is 0 Å². The number of ether oxygens (including phenoxy) is 5. The van der Waals surface area contributed by atoms with Gasteiger partial charge in [0.15, 0.2) is 6.29 Å². The van der Waals surface area contributed by atoms with Crippen LogP contribution in [-0.2, 0) is 38.7 Å². The van der Waals surface area contributed by atoms with Gasteiger partial charge in [-0.25, -0.2) is 4.72 Å². The van der Waals surface area contributed by atoms with Gasteiger partial charge in [-0.1, -0.05) is 0 Å². The van der Waals surface area contributed by atoms with Gasteiger partial charge in [0, 0.05) is 41.9 Å². The molecule has 0 saturated carbocycles. The molecule has 0 aliphatic carbocycles. The SMILES string of the molecule is COC1O[C@H](CNS(=O)(=O)NC(C)=O)[C@@H](OC)[C@H](OC)[C@@H]1OC. The van der Waals surface area contributed by atoms with Crippen molar-refractivity contribution in [1.82, 2.24) is 9.44 Å². The van der Waals surface area contributed by atoms with Crippen molar-refractivity contribution in [3.05, 3.63) is 0 Å². The van der Waals surface area contributed by atoms with Crippen LogP contribution in [0.5, 0.6) is 0 Å². The van der Waals surface area contributed by atoms with Crippen LogP contribution in [-0.4, -0.2) is 80.0 Å². The topological polar surface area (TPSA) is 121 Å². The summed E-state index contributed by atoms with van der Waals surface area (Å²) >= 11 is 0. The number of rotatable bonds is 8. The van der Waals surface area contributed by atoms with E-state index in [1.165, 1.54) is 28.4 Å². The first-order valence-corrected chi connectivity index (χ1v) is 8.32. The van der Waals surface area contributed by atoms with Crippen LogP contribution >= 0.6 is 0 Å². The lowest BCUT2D eigenvalue weighted by Gasteiger charge is -2.44. The molecule has 0 aromatic rings. The largest absolute Gasteiger partial charge is 0.376 e. The van der Waals surface area contributed by atoms with E-state index in [4.69, 9.17) is 23.7 Å². The zero-order valence-electron chi connectivity index (χ0n) is 13.8. The summed E-state index contributed by atoms with van der Waals surface area (Å²) in [6.45, 7) is 0.955. The van der Waals surface area contributed by atoms with Gasteiger partial charge in [-0.05, 0) is 0 Å². The van der Waals surface area contributed by atoms with E-state index in [-0.39, 0.29) is 6.54 Å². The molecule has 0 aromatic heterocycles. The van der Waals surface area contributed by atoms with E-state index < -0.39 is 46.8 Å². The highest BCUT2D eigenvalue weighted by molar-refractivity contribution is 7.88. The monoisotopic (exact) mass is 356 g/mol. The molecule has 10 nitrogen and oxygen atoms in total. The van der Waals surface area contributed by atoms with Gasteiger partial charge in [-0.15, -0.1) is 0 Å². The van der Waals surface area contributed by atoms with Crippen molar-refractivity contribution in [2.24, 2.45) is 0 Å². The molecule has 23 heavy (non-hydrogen) atoms. The van der Waals surface area contributed by atoms with Crippen molar-refractivity contribution in [3.8, 4) is 0 Å². The van der Waals surface area contributed by atoms with Crippen molar-refractivity contribution in [3.63, 3.8) is 0 Å². The van der Waals surface area contributed by atoms with Crippen LogP contribution in [0.3, 0.4) is 0 Å². The summed E-state index contributed by atoms with van der Waals surface area (Å²) in [6.07, 6.45) is -3.13. The highest BCUT2D eigenvalue weighted by Gasteiger charge is 2.47. The maximum atomic E-state index is 11.7. The molecule has 0 radical (unpaired) electrons. The first-order chi connectivity index (χ1) is 10.8. The number of carbonyl (C=O) groups excluding carboxylic acids is 1. The smallest absolute Gasteiger partial charge is 0.301 e. The first-order valence-electron chi connectivity index (χ1n) is 6.84. The van der Waals surface area contributed by atoms with Gasteiger partial charge >= 0.3 is 10.2 Å². The molecule has 0 aromatic carbocycles. The number of nitrogens with one attached hydrogen (secondary N) is 2. The van der Waals surface area contributed by atoms with Crippen LogP contribution < -0.4 is 9.44 Å². The lowest BCUT2D eigenvalue weighted by molar-refractivity contribution is -0.300. The molecule has 5 atom stereocenters. The summed E-state index contributed by atoms with van der Waals surface area (Å²) in [5, 5.41) is 0. The van der Waals surface area contributed by atoms with Crippen LogP contribution in [0.25, 0.3) is 0 Å². The van der Waals surface area contributed by atoms with Crippen molar-refractivity contribution in [1.29, 1.82) is 0 Å². The summed E-state index contributed by atoms with van der Waals surface area (Å²) in [5.74, 6) is -0.700. The van der Waals surface area contributed by atoms with Crippen molar-refractivity contribution in [2.45, 2.75) is 37.6 Å². The summed E-state index contributed by atoms with van der Waals surface area (Å²) < 4.78 is 54.4. The van der Waals surface area contributed by atoms with Crippen molar-refractivity contribution < 1.29 is 36.9 Å². The number of methoxy groups -OCH3 is 4. The van der Waals surface area contributed by atoms with Gasteiger partial charge < -0.3 is 23.7 Å². The van der Waals surface area contributed by atoms with Gasteiger partial charge in [0.25, 0.3) is 0 Å². The molecule has 136 valence electrons. The number of amides is 1. The fourth-order valence-electron chi connectivity index (χ4n) is 2.45. The second-order valence-electron chi connectivity index (χ2n) is 4.89. The quantitative estimate of drug-likeness (QED) is 0.532. The zero-order chi connectivity index (χ0) is 17.6. The van der Waals surface area contributed by atoms with Gasteiger partial charge in [-0.3, -0.25) is 4.79 Å². The highest BCUT2D eigenvalue weighted by Crippen LogP contribution is 2.27. The Morgan fingerprint density at radius 3 is 2.00 bits per heavy atom. The van der Waals surface area contributed by atoms with E-state index >= 15 is 0 Å². The fraction of sp³-hybridized carbons (Fsp3) is 0.917. The summed E-state index contributed by atoms with van der Waals surface area (Å²) in [7, 11) is 1.89. The van der Waals surface area contributed by atoms with Crippen LogP contribution in [0.1, 0.15) is 6.92 Å². The van der Waals surface area contributed by atoms with Crippen LogP contribution in [0.15, 0.2) is 0 Å². The van der Waals surface area contributed by atoms with E-state index in [0.717, 1.165) is 6.92 Å². The molecule has 1 saturated heterocycles. The Hall–Kier alpha value is -0.820. The molecule has 11 heteroatoms. The normalized spacial score (nSPS) is 31.8. The molecule has 1 unspecified atom stereocenters. The lowest BCUT2D eigenvalue weighted by Crippen LogP contribution is -2.62. The Morgan fingerprint density at radius 1 is 1.00 bits per heavy atom. The zero-order valence-corrected chi connectivity index (χ0v) is 14.6. The molecule has 1 heterocycles. The number of hydrogen-bond donors (Lipinski definition) is 2. The first kappa shape index (κ1) is 20.2. The molecule has 2 N–H and O–H groups in total. The molecule has 1 fully saturated rings. The molecule has 1 aliphatic rings. The maximum Gasteiger partial charge on any atom is 0.301 e. The van der Waals surface area contributed by atoms with E-state index in [9.17, 15) is 13.2 Å². The molecule has 1 rings (SSSR count). The maximum absolute atomic E-state index is 11.7. The third-order valence-electron chi connectivity index (χ3n) is 3.39. The standard InChI is InChI=1S/C12H24N2O8S/c1-7(15)14-23(16,17)13-6-8-9(18-2)10(19-3)11(20-4)12(21-5)22-8/h8-13H,6H2,1-5H3,(H,14,15)/t8-,9-,10+,11+,12?/m1/s1. The summed E-state index contributed by atoms with van der Waals surface area (Å²) in [5.41, 5.74) is 0. The van der Waals surface area contributed by atoms with E-state index in [1.807, 2.05) is 0 Å². The van der Waals surface area contributed by atoms with Crippen LogP contribution in [0.2, 0.25) is 0 Å². The Labute approximate surface area is 135 Å². The van der Waals surface area contributed by atoms with Gasteiger partial charge in [0.1, 0.15) is 24.4 Å². The second-order valence-corrected chi connectivity index (χ2v) is 6.39. The predicted octanol–water partition coefficient (Wildman–Crippen LogP) is -1.63. The highest BCUT2D eigenvalue weighted by atomic mass is 32.2. The summed E-state index contributed by atoms with van der Waals surface area (Å²) in [6, 6.07) is 0. The molecular weight excluding hydrogens is 332 g/mol. The molecule has 0 spiro atoms. The fourth-order valence-corrected chi connectivity index (χ4v) is 3.29.